The van der Waals surface area contributed by atoms with Crippen LogP contribution in [0.2, 0.25) is 0 Å². The smallest absolute Gasteiger partial charge is 0 e. The van der Waals surface area contributed by atoms with Gasteiger partial charge in [-0.15, -0.1) is 0 Å². The fraction of sp³-hybridized carbons (Fsp3) is 0. The summed E-state index contributed by atoms with van der Waals surface area (Å²) in [7, 11) is 0. The molecule has 0 aromatic rings. The first-order valence-corrected chi connectivity index (χ1v) is 0. The van der Waals surface area contributed by atoms with Gasteiger partial charge in [-0.25, -0.2) is 0 Å². The first kappa shape index (κ1) is 31.3. The minimum atomic E-state index is 0. The van der Waals surface area contributed by atoms with E-state index in [1.165, 1.54) is 0 Å². The van der Waals surface area contributed by atoms with Gasteiger partial charge in [-0.2, -0.15) is 0 Å². The molecule has 0 rings (SSSR count). The summed E-state index contributed by atoms with van der Waals surface area (Å²) in [6.07, 6.45) is 0. The van der Waals surface area contributed by atoms with Crippen LogP contribution in [-0.2, 0) is 78.9 Å². The molecule has 0 aromatic carbocycles. The van der Waals surface area contributed by atoms with Crippen molar-refractivity contribution in [2.75, 3.05) is 0 Å². The van der Waals surface area contributed by atoms with Crippen molar-refractivity contribution < 1.29 is 78.9 Å². The van der Waals surface area contributed by atoms with E-state index in [4.69, 9.17) is 0 Å². The second kappa shape index (κ2) is 17.8. The van der Waals surface area contributed by atoms with Crippen molar-refractivity contribution >= 4 is 0 Å². The van der Waals surface area contributed by atoms with Crippen LogP contribution in [0.4, 0.5) is 0 Å². The number of hydrogen-bond donors (Lipinski definition) is 0. The average molecular weight is 343 g/mol. The predicted molar refractivity (Wildman–Crippen MR) is 0 cm³/mol. The van der Waals surface area contributed by atoms with Crippen molar-refractivity contribution in [3.63, 3.8) is 0 Å². The summed E-state index contributed by atoms with van der Waals surface area (Å²) >= 11 is 0. The van der Waals surface area contributed by atoms with Gasteiger partial charge in [-0.3, -0.25) is 0 Å². The monoisotopic (exact) mass is 340 g/mol. The van der Waals surface area contributed by atoms with Crippen LogP contribution in [0.15, 0.2) is 0 Å². The van der Waals surface area contributed by atoms with Crippen LogP contribution in [0.25, 0.3) is 0 Å². The predicted octanol–water partition coefficient (Wildman–Crippen LogP) is -0.0100. The molecule has 0 aliphatic rings. The molecule has 0 bridgehead atoms. The molecule has 0 atom stereocenters. The quantitative estimate of drug-likeness (QED) is 0.543. The Labute approximate surface area is 77.8 Å². The molecular weight excluding hydrogens is 343 g/mol. The summed E-state index contributed by atoms with van der Waals surface area (Å²) in [5.74, 6) is 0. The van der Waals surface area contributed by atoms with E-state index in [2.05, 4.69) is 0 Å². The van der Waals surface area contributed by atoms with Gasteiger partial charge in [0.25, 0.3) is 0 Å². The summed E-state index contributed by atoms with van der Waals surface area (Å²) in [5, 5.41) is 0. The Hall–Kier alpha value is 2.52. The maximum atomic E-state index is 0. The van der Waals surface area contributed by atoms with Gasteiger partial charge in [-0.1, -0.05) is 0 Å². The van der Waals surface area contributed by atoms with Crippen LogP contribution in [0.5, 0.6) is 0 Å². The molecule has 0 nitrogen and oxygen atoms in total. The zero-order valence-corrected chi connectivity index (χ0v) is 6.05. The third-order valence-electron chi connectivity index (χ3n) is 0. The molecule has 0 aliphatic carbocycles. The van der Waals surface area contributed by atoms with E-state index in [1.807, 2.05) is 0 Å². The number of rotatable bonds is 0. The van der Waals surface area contributed by atoms with E-state index < -0.39 is 0 Å². The standard InChI is InChI=1S/2Ag.2Cu. The summed E-state index contributed by atoms with van der Waals surface area (Å²) < 4.78 is 0. The maximum absolute atomic E-state index is 0. The van der Waals surface area contributed by atoms with Gasteiger partial charge in [-0.05, 0) is 0 Å². The fourth-order valence-electron chi connectivity index (χ4n) is 0. The molecule has 0 aromatic heterocycles. The summed E-state index contributed by atoms with van der Waals surface area (Å²) in [6.45, 7) is 0. The Morgan fingerprint density at radius 2 is 0.500 bits per heavy atom. The molecule has 0 amide bonds. The van der Waals surface area contributed by atoms with Gasteiger partial charge in [0.2, 0.25) is 0 Å². The van der Waals surface area contributed by atoms with Crippen LogP contribution in [0, 0.1) is 0 Å². The molecule has 0 spiro atoms. The van der Waals surface area contributed by atoms with Gasteiger partial charge in [0, 0.05) is 78.9 Å². The normalized spacial score (nSPS) is 0. The number of hydrogen-bond acceptors (Lipinski definition) is 0. The minimum Gasteiger partial charge on any atom is 0 e. The molecular formula is Ag2Cu2. The molecule has 0 N–H and O–H groups in total. The largest absolute Gasteiger partial charge is 0 e. The van der Waals surface area contributed by atoms with Gasteiger partial charge >= 0.3 is 0 Å². The van der Waals surface area contributed by atoms with E-state index in [9.17, 15) is 0 Å². The van der Waals surface area contributed by atoms with Crippen molar-refractivity contribution in [1.82, 2.24) is 0 Å². The van der Waals surface area contributed by atoms with E-state index in [1.54, 1.807) is 0 Å². The first-order valence-electron chi connectivity index (χ1n) is 0. The van der Waals surface area contributed by atoms with Crippen molar-refractivity contribution in [2.24, 2.45) is 0 Å². The Kier molecular flexibility index (Phi) is 139. The Morgan fingerprint density at radius 1 is 0.500 bits per heavy atom. The van der Waals surface area contributed by atoms with Gasteiger partial charge in [0.1, 0.15) is 0 Å². The van der Waals surface area contributed by atoms with Crippen molar-refractivity contribution in [3.8, 4) is 0 Å². The molecule has 4 heavy (non-hydrogen) atoms. The van der Waals surface area contributed by atoms with Crippen LogP contribution >= 0.6 is 0 Å². The molecule has 0 saturated heterocycles. The second-order valence-corrected chi connectivity index (χ2v) is 0. The van der Waals surface area contributed by atoms with Crippen molar-refractivity contribution in [2.45, 2.75) is 0 Å². The van der Waals surface area contributed by atoms with Gasteiger partial charge < -0.3 is 0 Å². The van der Waals surface area contributed by atoms with Crippen LogP contribution < -0.4 is 0 Å². The summed E-state index contributed by atoms with van der Waals surface area (Å²) in [6, 6.07) is 0. The zero-order valence-electron chi connectivity index (χ0n) is 1.21. The molecule has 4 radical (unpaired) electrons. The minimum absolute atomic E-state index is 0. The van der Waals surface area contributed by atoms with E-state index in [0.29, 0.717) is 0 Å². The average Bonchev–Trinajstić information content (AvgIpc) is 0. The molecule has 44 valence electrons. The Bertz CT molecular complexity index is 4.00. The second-order valence-electron chi connectivity index (χ2n) is 0. The van der Waals surface area contributed by atoms with E-state index >= 15 is 0 Å². The van der Waals surface area contributed by atoms with Crippen LogP contribution in [-0.4, -0.2) is 0 Å². The fourth-order valence-corrected chi connectivity index (χ4v) is 0. The Balaban J connectivity index is 0. The van der Waals surface area contributed by atoms with Crippen LogP contribution in [0.3, 0.4) is 0 Å². The van der Waals surface area contributed by atoms with E-state index in [-0.39, 0.29) is 78.9 Å². The molecule has 0 heterocycles. The summed E-state index contributed by atoms with van der Waals surface area (Å²) in [5.41, 5.74) is 0. The van der Waals surface area contributed by atoms with Crippen molar-refractivity contribution in [3.05, 3.63) is 0 Å². The first-order chi connectivity index (χ1) is 0. The topological polar surface area (TPSA) is 0 Å². The SMILES string of the molecule is [Ag].[Ag].[Cu].[Cu]. The molecule has 0 fully saturated rings. The van der Waals surface area contributed by atoms with Gasteiger partial charge in [0.15, 0.2) is 0 Å². The molecule has 4 heteroatoms. The van der Waals surface area contributed by atoms with Gasteiger partial charge in [0.05, 0.1) is 0 Å². The third-order valence-corrected chi connectivity index (χ3v) is 0. The molecule has 0 aliphatic heterocycles. The van der Waals surface area contributed by atoms with E-state index in [0.717, 1.165) is 0 Å². The third kappa shape index (κ3) is 8.82. The molecule has 0 saturated carbocycles. The summed E-state index contributed by atoms with van der Waals surface area (Å²) in [4.78, 5) is 0. The maximum Gasteiger partial charge on any atom is 0 e. The van der Waals surface area contributed by atoms with Crippen molar-refractivity contribution in [1.29, 1.82) is 0 Å². The zero-order chi connectivity index (χ0) is 0. The Morgan fingerprint density at radius 3 is 0.500 bits per heavy atom. The van der Waals surface area contributed by atoms with Crippen LogP contribution in [0.1, 0.15) is 0 Å². The molecule has 0 unspecified atom stereocenters.